The highest BCUT2D eigenvalue weighted by Gasteiger charge is 2.22. The first kappa shape index (κ1) is 16.5. The van der Waals surface area contributed by atoms with Crippen molar-refractivity contribution in [3.05, 3.63) is 41.2 Å². The number of aromatic nitrogens is 2. The fourth-order valence-corrected chi connectivity index (χ4v) is 3.77. The summed E-state index contributed by atoms with van der Waals surface area (Å²) in [6, 6.07) is 5.81. The fraction of sp³-hybridized carbons (Fsp3) is 0.438. The first-order valence-corrected chi connectivity index (χ1v) is 8.91. The number of nitrogens with one attached hydrogen (secondary N) is 1. The molecule has 2 rings (SSSR count). The summed E-state index contributed by atoms with van der Waals surface area (Å²) in [7, 11) is -3.65. The molecule has 1 heterocycles. The lowest BCUT2D eigenvalue weighted by Crippen LogP contribution is -2.16. The van der Waals surface area contributed by atoms with Crippen LogP contribution in [-0.2, 0) is 16.6 Å². The summed E-state index contributed by atoms with van der Waals surface area (Å²) in [6.07, 6.45) is 1.57. The average Bonchev–Trinajstić information content (AvgIpc) is 2.82. The fourth-order valence-electron chi connectivity index (χ4n) is 2.43. The number of hydrogen-bond acceptors (Lipinski definition) is 3. The minimum atomic E-state index is -3.65. The van der Waals surface area contributed by atoms with Crippen molar-refractivity contribution < 1.29 is 8.42 Å². The molecule has 0 aliphatic carbocycles. The molecule has 0 aliphatic heterocycles. The maximum Gasteiger partial charge on any atom is 0.265 e. The molecule has 0 bridgehead atoms. The highest BCUT2D eigenvalue weighted by atomic mass is 32.2. The molecule has 22 heavy (non-hydrogen) atoms. The second-order valence-corrected chi connectivity index (χ2v) is 7.38. The molecule has 6 heteroatoms. The first-order valence-electron chi connectivity index (χ1n) is 7.42. The number of aryl methyl sites for hydroxylation is 3. The number of para-hydroxylation sites is 1. The Balaban J connectivity index is 2.47. The summed E-state index contributed by atoms with van der Waals surface area (Å²) >= 11 is 0. The van der Waals surface area contributed by atoms with Gasteiger partial charge in [-0.15, -0.1) is 0 Å². The Morgan fingerprint density at radius 2 is 1.95 bits per heavy atom. The SMILES string of the molecule is CCn1cc(S(=O)(=O)Nc2c(C)cccc2C(C)C)c(C)n1. The number of rotatable bonds is 5. The van der Waals surface area contributed by atoms with Gasteiger partial charge in [0.25, 0.3) is 10.0 Å². The second kappa shape index (κ2) is 6.12. The normalized spacial score (nSPS) is 11.9. The van der Waals surface area contributed by atoms with Crippen LogP contribution in [0.25, 0.3) is 0 Å². The van der Waals surface area contributed by atoms with E-state index < -0.39 is 10.0 Å². The Kier molecular flexibility index (Phi) is 4.60. The highest BCUT2D eigenvalue weighted by Crippen LogP contribution is 2.29. The molecule has 0 unspecified atom stereocenters. The summed E-state index contributed by atoms with van der Waals surface area (Å²) < 4.78 is 29.8. The van der Waals surface area contributed by atoms with Crippen molar-refractivity contribution in [2.24, 2.45) is 0 Å². The van der Waals surface area contributed by atoms with E-state index in [1.54, 1.807) is 17.8 Å². The molecule has 1 N–H and O–H groups in total. The van der Waals surface area contributed by atoms with Gasteiger partial charge >= 0.3 is 0 Å². The Labute approximate surface area is 132 Å². The van der Waals surface area contributed by atoms with E-state index in [0.717, 1.165) is 11.1 Å². The number of nitrogens with zero attached hydrogens (tertiary/aromatic N) is 2. The lowest BCUT2D eigenvalue weighted by atomic mass is 9.99. The number of hydrogen-bond donors (Lipinski definition) is 1. The van der Waals surface area contributed by atoms with Crippen LogP contribution in [0.5, 0.6) is 0 Å². The van der Waals surface area contributed by atoms with Crippen LogP contribution in [0.2, 0.25) is 0 Å². The predicted molar refractivity (Wildman–Crippen MR) is 88.7 cm³/mol. The third-order valence-corrected chi connectivity index (χ3v) is 5.13. The van der Waals surface area contributed by atoms with Crippen LogP contribution in [0.1, 0.15) is 43.5 Å². The number of benzene rings is 1. The van der Waals surface area contributed by atoms with E-state index in [9.17, 15) is 8.42 Å². The zero-order valence-corrected chi connectivity index (χ0v) is 14.5. The summed E-state index contributed by atoms with van der Waals surface area (Å²) in [4.78, 5) is 0.229. The maximum absolute atomic E-state index is 12.7. The average molecular weight is 321 g/mol. The van der Waals surface area contributed by atoms with E-state index in [2.05, 4.69) is 9.82 Å². The molecule has 0 aliphatic rings. The third-order valence-electron chi connectivity index (χ3n) is 3.68. The monoisotopic (exact) mass is 321 g/mol. The minimum Gasteiger partial charge on any atom is -0.279 e. The third kappa shape index (κ3) is 3.16. The van der Waals surface area contributed by atoms with Gasteiger partial charge in [0.1, 0.15) is 4.90 Å². The predicted octanol–water partition coefficient (Wildman–Crippen LogP) is 3.44. The van der Waals surface area contributed by atoms with Crippen LogP contribution in [0.15, 0.2) is 29.3 Å². The van der Waals surface area contributed by atoms with Crippen molar-refractivity contribution in [3.63, 3.8) is 0 Å². The van der Waals surface area contributed by atoms with E-state index in [-0.39, 0.29) is 10.8 Å². The second-order valence-electron chi connectivity index (χ2n) is 5.73. The van der Waals surface area contributed by atoms with E-state index in [4.69, 9.17) is 0 Å². The molecular formula is C16H23N3O2S. The van der Waals surface area contributed by atoms with Gasteiger partial charge < -0.3 is 0 Å². The van der Waals surface area contributed by atoms with Gasteiger partial charge in [0.15, 0.2) is 0 Å². The minimum absolute atomic E-state index is 0.229. The number of sulfonamides is 1. The largest absolute Gasteiger partial charge is 0.279 e. The van der Waals surface area contributed by atoms with Crippen LogP contribution >= 0.6 is 0 Å². The van der Waals surface area contributed by atoms with Crippen LogP contribution in [0.3, 0.4) is 0 Å². The van der Waals surface area contributed by atoms with Crippen LogP contribution in [0.4, 0.5) is 5.69 Å². The topological polar surface area (TPSA) is 64.0 Å². The Morgan fingerprint density at radius 1 is 1.27 bits per heavy atom. The van der Waals surface area contributed by atoms with E-state index in [1.165, 1.54) is 0 Å². The van der Waals surface area contributed by atoms with E-state index >= 15 is 0 Å². The van der Waals surface area contributed by atoms with Gasteiger partial charge in [0.05, 0.1) is 11.4 Å². The van der Waals surface area contributed by atoms with Crippen LogP contribution in [0, 0.1) is 13.8 Å². The summed E-state index contributed by atoms with van der Waals surface area (Å²) in [5, 5.41) is 4.21. The molecule has 1 aromatic heterocycles. The Bertz CT molecular complexity index is 777. The molecule has 120 valence electrons. The summed E-state index contributed by atoms with van der Waals surface area (Å²) in [5.41, 5.74) is 3.08. The molecule has 0 radical (unpaired) electrons. The quantitative estimate of drug-likeness (QED) is 0.917. The standard InChI is InChI=1S/C16H23N3O2S/c1-6-19-10-15(13(5)17-19)22(20,21)18-16-12(4)8-7-9-14(16)11(2)3/h7-11,18H,6H2,1-5H3. The van der Waals surface area contributed by atoms with Gasteiger partial charge in [-0.2, -0.15) is 5.10 Å². The van der Waals surface area contributed by atoms with Crippen molar-refractivity contribution in [3.8, 4) is 0 Å². The van der Waals surface area contributed by atoms with Crippen molar-refractivity contribution in [1.82, 2.24) is 9.78 Å². The van der Waals surface area contributed by atoms with Gasteiger partial charge in [0, 0.05) is 12.7 Å². The molecule has 0 amide bonds. The van der Waals surface area contributed by atoms with Crippen molar-refractivity contribution in [2.75, 3.05) is 4.72 Å². The molecule has 5 nitrogen and oxygen atoms in total. The van der Waals surface area contributed by atoms with Crippen LogP contribution in [-0.4, -0.2) is 18.2 Å². The lowest BCUT2D eigenvalue weighted by Gasteiger charge is -2.17. The molecule has 2 aromatic rings. The van der Waals surface area contributed by atoms with Gasteiger partial charge in [-0.3, -0.25) is 9.40 Å². The van der Waals surface area contributed by atoms with Gasteiger partial charge in [-0.1, -0.05) is 32.0 Å². The summed E-state index contributed by atoms with van der Waals surface area (Å²) in [6.45, 7) is 10.3. The highest BCUT2D eigenvalue weighted by molar-refractivity contribution is 7.92. The van der Waals surface area contributed by atoms with Crippen LogP contribution < -0.4 is 4.72 Å². The number of anilines is 1. The van der Waals surface area contributed by atoms with Gasteiger partial charge in [0.2, 0.25) is 0 Å². The molecule has 0 saturated heterocycles. The van der Waals surface area contributed by atoms with Gasteiger partial charge in [-0.05, 0) is 37.8 Å². The van der Waals surface area contributed by atoms with Crippen molar-refractivity contribution in [2.45, 2.75) is 52.0 Å². The zero-order valence-electron chi connectivity index (χ0n) is 13.7. The van der Waals surface area contributed by atoms with Crippen molar-refractivity contribution in [1.29, 1.82) is 0 Å². The molecule has 0 atom stereocenters. The molecule has 0 spiro atoms. The Morgan fingerprint density at radius 3 is 2.50 bits per heavy atom. The van der Waals surface area contributed by atoms with E-state index in [1.807, 2.05) is 45.9 Å². The maximum atomic E-state index is 12.7. The van der Waals surface area contributed by atoms with Crippen molar-refractivity contribution >= 4 is 15.7 Å². The lowest BCUT2D eigenvalue weighted by molar-refractivity contribution is 0.600. The van der Waals surface area contributed by atoms with E-state index in [0.29, 0.717) is 17.9 Å². The molecule has 0 saturated carbocycles. The zero-order chi connectivity index (χ0) is 16.5. The Hall–Kier alpha value is -1.82. The molecular weight excluding hydrogens is 298 g/mol. The van der Waals surface area contributed by atoms with Gasteiger partial charge in [-0.25, -0.2) is 8.42 Å². The molecule has 1 aromatic carbocycles. The molecule has 0 fully saturated rings. The summed E-state index contributed by atoms with van der Waals surface area (Å²) in [5.74, 6) is 0.233. The first-order chi connectivity index (χ1) is 10.3. The smallest absolute Gasteiger partial charge is 0.265 e.